The van der Waals surface area contributed by atoms with Crippen LogP contribution in [0.1, 0.15) is 155 Å². The summed E-state index contributed by atoms with van der Waals surface area (Å²) in [7, 11) is -4.64. The van der Waals surface area contributed by atoms with E-state index in [1.807, 2.05) is 12.2 Å². The molecule has 0 aliphatic rings. The van der Waals surface area contributed by atoms with E-state index in [9.17, 15) is 24.2 Å². The van der Waals surface area contributed by atoms with Gasteiger partial charge in [0.05, 0.1) is 19.8 Å². The number of phosphoric acid groups is 1. The molecule has 0 rings (SSSR count). The van der Waals surface area contributed by atoms with Crippen LogP contribution in [0.15, 0.2) is 72.9 Å². The number of carbonyl (C=O) groups excluding carboxylic acids is 2. The first kappa shape index (κ1) is 52.4. The molecule has 55 heavy (non-hydrogen) atoms. The fraction of sp³-hybridized carbons (Fsp3) is 0.682. The number of allylic oxidation sites excluding steroid dienone is 12. The van der Waals surface area contributed by atoms with Crippen LogP contribution in [0.3, 0.4) is 0 Å². The lowest BCUT2D eigenvalue weighted by atomic mass is 10.1. The molecule has 3 N–H and O–H groups in total. The summed E-state index contributed by atoms with van der Waals surface area (Å²) in [5.74, 6) is -1.04. The number of rotatable bonds is 38. The van der Waals surface area contributed by atoms with Crippen molar-refractivity contribution >= 4 is 19.8 Å². The SMILES string of the molecule is CCCCC/C=C\C/C=C\C/C=C\C/C=C\C/C=C\CCC(=O)O[C@H](COC(=O)CCCCCCC/C=C\CCCCCC)COP(=O)(O)OC[C@@H](O)CO. The number of hydrogen-bond acceptors (Lipinski definition) is 9. The molecule has 0 aliphatic heterocycles. The Hall–Kier alpha value is -2.59. The van der Waals surface area contributed by atoms with Gasteiger partial charge in [0.15, 0.2) is 6.10 Å². The maximum Gasteiger partial charge on any atom is 0.472 e. The van der Waals surface area contributed by atoms with Gasteiger partial charge in [0.2, 0.25) is 0 Å². The number of esters is 2. The van der Waals surface area contributed by atoms with Crippen LogP contribution in [0.5, 0.6) is 0 Å². The molecule has 316 valence electrons. The summed E-state index contributed by atoms with van der Waals surface area (Å²) in [6.45, 7) is 2.22. The molecule has 3 atom stereocenters. The van der Waals surface area contributed by atoms with Gasteiger partial charge in [0.1, 0.15) is 12.7 Å². The van der Waals surface area contributed by atoms with E-state index in [0.29, 0.717) is 12.8 Å². The number of phosphoric ester groups is 1. The normalized spacial score (nSPS) is 14.6. The Morgan fingerprint density at radius 1 is 0.545 bits per heavy atom. The van der Waals surface area contributed by atoms with Crippen LogP contribution in [0.4, 0.5) is 0 Å². The van der Waals surface area contributed by atoms with Crippen LogP contribution < -0.4 is 0 Å². The number of aliphatic hydroxyl groups excluding tert-OH is 2. The Morgan fingerprint density at radius 3 is 1.55 bits per heavy atom. The van der Waals surface area contributed by atoms with E-state index in [4.69, 9.17) is 19.1 Å². The second-order valence-electron chi connectivity index (χ2n) is 13.7. The molecule has 0 radical (unpaired) electrons. The second-order valence-corrected chi connectivity index (χ2v) is 15.1. The average molecular weight is 795 g/mol. The molecule has 0 aromatic rings. The minimum absolute atomic E-state index is 0.0558. The monoisotopic (exact) mass is 795 g/mol. The van der Waals surface area contributed by atoms with Gasteiger partial charge in [-0.25, -0.2) is 4.57 Å². The van der Waals surface area contributed by atoms with Crippen molar-refractivity contribution < 1.29 is 47.8 Å². The topological polar surface area (TPSA) is 149 Å². The number of ether oxygens (including phenoxy) is 2. The summed E-state index contributed by atoms with van der Waals surface area (Å²) < 4.78 is 32.6. The van der Waals surface area contributed by atoms with E-state index in [2.05, 4.69) is 79.1 Å². The van der Waals surface area contributed by atoms with Crippen LogP contribution in [0.2, 0.25) is 0 Å². The van der Waals surface area contributed by atoms with Gasteiger partial charge >= 0.3 is 19.8 Å². The highest BCUT2D eigenvalue weighted by molar-refractivity contribution is 7.47. The second kappa shape index (κ2) is 39.6. The van der Waals surface area contributed by atoms with Gasteiger partial charge in [-0.05, 0) is 77.0 Å². The Kier molecular flexibility index (Phi) is 37.8. The largest absolute Gasteiger partial charge is 0.472 e. The molecular weight excluding hydrogens is 719 g/mol. The van der Waals surface area contributed by atoms with Crippen molar-refractivity contribution in [2.24, 2.45) is 0 Å². The van der Waals surface area contributed by atoms with E-state index in [-0.39, 0.29) is 19.4 Å². The zero-order valence-electron chi connectivity index (χ0n) is 34.1. The van der Waals surface area contributed by atoms with Crippen LogP contribution >= 0.6 is 7.82 Å². The molecule has 0 spiro atoms. The third kappa shape index (κ3) is 39.4. The first-order chi connectivity index (χ1) is 26.7. The lowest BCUT2D eigenvalue weighted by molar-refractivity contribution is -0.161. The van der Waals surface area contributed by atoms with Crippen molar-refractivity contribution in [3.05, 3.63) is 72.9 Å². The van der Waals surface area contributed by atoms with Crippen LogP contribution in [0, 0.1) is 0 Å². The summed E-state index contributed by atoms with van der Waals surface area (Å²) in [5, 5.41) is 18.3. The predicted octanol–water partition coefficient (Wildman–Crippen LogP) is 10.9. The van der Waals surface area contributed by atoms with Gasteiger partial charge in [0, 0.05) is 12.8 Å². The van der Waals surface area contributed by atoms with E-state index in [1.54, 1.807) is 0 Å². The maximum absolute atomic E-state index is 12.6. The number of unbranched alkanes of at least 4 members (excludes halogenated alkanes) is 12. The molecule has 0 heterocycles. The minimum Gasteiger partial charge on any atom is -0.462 e. The molecule has 0 amide bonds. The van der Waals surface area contributed by atoms with E-state index >= 15 is 0 Å². The molecule has 1 unspecified atom stereocenters. The van der Waals surface area contributed by atoms with Crippen LogP contribution in [0.25, 0.3) is 0 Å². The molecule has 0 fully saturated rings. The first-order valence-electron chi connectivity index (χ1n) is 20.9. The number of aliphatic hydroxyl groups is 2. The molecule has 0 saturated carbocycles. The minimum atomic E-state index is -4.64. The molecule has 0 aliphatic carbocycles. The standard InChI is InChI=1S/C44H75O10P/c1-3-5-7-9-11-13-15-17-18-19-20-21-22-24-26-28-30-32-34-36-44(48)54-42(40-53-55(49,50)52-38-41(46)37-45)39-51-43(47)35-33-31-29-27-25-23-16-14-12-10-8-6-4-2/h11,13-14,16-18,20-21,24,26,30,32,41-42,45-46H,3-10,12,15,19,22-23,25,27-29,31,33-40H2,1-2H3,(H,49,50)/b13-11-,16-14-,18-17-,21-20-,26-24-,32-30-/t41-,42+/m0/s1. The Balaban J connectivity index is 4.48. The van der Waals surface area contributed by atoms with Crippen molar-refractivity contribution in [2.75, 3.05) is 26.4 Å². The lowest BCUT2D eigenvalue weighted by Gasteiger charge is -2.20. The fourth-order valence-corrected chi connectivity index (χ4v) is 5.88. The van der Waals surface area contributed by atoms with Gasteiger partial charge in [-0.3, -0.25) is 18.6 Å². The maximum atomic E-state index is 12.6. The zero-order chi connectivity index (χ0) is 40.5. The van der Waals surface area contributed by atoms with E-state index in [1.165, 1.54) is 51.4 Å². The molecule has 0 aromatic heterocycles. The Labute approximate surface area is 333 Å². The fourth-order valence-electron chi connectivity index (χ4n) is 5.09. The Morgan fingerprint density at radius 2 is 0.982 bits per heavy atom. The van der Waals surface area contributed by atoms with Gasteiger partial charge < -0.3 is 24.6 Å². The molecule has 0 aromatic carbocycles. The summed E-state index contributed by atoms with van der Waals surface area (Å²) >= 11 is 0. The first-order valence-corrected chi connectivity index (χ1v) is 22.4. The van der Waals surface area contributed by atoms with Gasteiger partial charge in [-0.2, -0.15) is 0 Å². The van der Waals surface area contributed by atoms with Crippen molar-refractivity contribution in [3.8, 4) is 0 Å². The van der Waals surface area contributed by atoms with Crippen LogP contribution in [-0.2, 0) is 32.7 Å². The van der Waals surface area contributed by atoms with Crippen molar-refractivity contribution in [3.63, 3.8) is 0 Å². The number of carbonyl (C=O) groups is 2. The average Bonchev–Trinajstić information content (AvgIpc) is 3.17. The van der Waals surface area contributed by atoms with Crippen molar-refractivity contribution in [1.82, 2.24) is 0 Å². The summed E-state index contributed by atoms with van der Waals surface area (Å²) in [5.41, 5.74) is 0. The third-order valence-corrected chi connectivity index (χ3v) is 9.30. The Bertz CT molecular complexity index is 1140. The van der Waals surface area contributed by atoms with E-state index in [0.717, 1.165) is 64.2 Å². The van der Waals surface area contributed by atoms with Crippen molar-refractivity contribution in [1.29, 1.82) is 0 Å². The molecule has 0 bridgehead atoms. The smallest absolute Gasteiger partial charge is 0.462 e. The van der Waals surface area contributed by atoms with Crippen molar-refractivity contribution in [2.45, 2.75) is 167 Å². The van der Waals surface area contributed by atoms with Crippen LogP contribution in [-0.4, -0.2) is 65.7 Å². The van der Waals surface area contributed by atoms with E-state index < -0.39 is 51.8 Å². The molecule has 10 nitrogen and oxygen atoms in total. The summed E-state index contributed by atoms with van der Waals surface area (Å²) in [6, 6.07) is 0. The third-order valence-electron chi connectivity index (χ3n) is 8.35. The lowest BCUT2D eigenvalue weighted by Crippen LogP contribution is -2.29. The van der Waals surface area contributed by atoms with Gasteiger partial charge in [-0.1, -0.05) is 138 Å². The quantitative estimate of drug-likeness (QED) is 0.0239. The predicted molar refractivity (Wildman–Crippen MR) is 223 cm³/mol. The highest BCUT2D eigenvalue weighted by Gasteiger charge is 2.27. The van der Waals surface area contributed by atoms with Gasteiger partial charge in [-0.15, -0.1) is 0 Å². The number of hydrogen-bond donors (Lipinski definition) is 3. The molecule has 11 heteroatoms. The summed E-state index contributed by atoms with van der Waals surface area (Å²) in [6.07, 6.45) is 44.5. The molecule has 0 saturated heterocycles. The molecular formula is C44H75O10P. The summed E-state index contributed by atoms with van der Waals surface area (Å²) in [4.78, 5) is 34.9. The highest BCUT2D eigenvalue weighted by Crippen LogP contribution is 2.43. The highest BCUT2D eigenvalue weighted by atomic mass is 31.2. The zero-order valence-corrected chi connectivity index (χ0v) is 35.0. The van der Waals surface area contributed by atoms with Gasteiger partial charge in [0.25, 0.3) is 0 Å².